The first-order valence-corrected chi connectivity index (χ1v) is 6.50. The van der Waals surface area contributed by atoms with Gasteiger partial charge in [0, 0.05) is 11.1 Å². The molecule has 0 aromatic heterocycles. The Balaban J connectivity index is 2.45. The first-order valence-electron chi connectivity index (χ1n) is 5.74. The molecule has 2 aromatic carbocycles. The van der Waals surface area contributed by atoms with Gasteiger partial charge in [0.1, 0.15) is 0 Å². The second-order valence-electron chi connectivity index (χ2n) is 4.21. The molecule has 0 saturated carbocycles. The van der Waals surface area contributed by atoms with E-state index >= 15 is 0 Å². The zero-order valence-corrected chi connectivity index (χ0v) is 11.5. The van der Waals surface area contributed by atoms with Crippen LogP contribution in [0.4, 0.5) is 0 Å². The number of ketones is 1. The van der Waals surface area contributed by atoms with Crippen molar-refractivity contribution < 1.29 is 4.79 Å². The topological polar surface area (TPSA) is 53.2 Å². The van der Waals surface area contributed by atoms with Crippen LogP contribution in [0.2, 0.25) is 10.0 Å². The molecule has 96 valence electrons. The minimum atomic E-state index is -0.247. The van der Waals surface area contributed by atoms with Gasteiger partial charge in [-0.3, -0.25) is 4.79 Å². The minimum absolute atomic E-state index is 0.247. The molecule has 20 heavy (non-hydrogen) atoms. The summed E-state index contributed by atoms with van der Waals surface area (Å²) in [7, 11) is 0. The van der Waals surface area contributed by atoms with Gasteiger partial charge in [0.2, 0.25) is 6.19 Å². The van der Waals surface area contributed by atoms with Crippen molar-refractivity contribution in [2.45, 2.75) is 0 Å². The maximum Gasteiger partial charge on any atom is 0.206 e. The minimum Gasteiger partial charge on any atom is -0.288 e. The quantitative estimate of drug-likeness (QED) is 0.592. The van der Waals surface area contributed by atoms with Crippen LogP contribution >= 0.6 is 23.2 Å². The van der Waals surface area contributed by atoms with Crippen molar-refractivity contribution in [1.29, 1.82) is 5.26 Å². The first-order chi connectivity index (χ1) is 9.65. The van der Waals surface area contributed by atoms with E-state index in [9.17, 15) is 4.79 Å². The van der Waals surface area contributed by atoms with Gasteiger partial charge >= 0.3 is 0 Å². The van der Waals surface area contributed by atoms with Crippen LogP contribution in [0.25, 0.3) is 0 Å². The third-order valence-electron chi connectivity index (χ3n) is 3.15. The second kappa shape index (κ2) is 4.75. The first kappa shape index (κ1) is 12.9. The molecule has 0 radical (unpaired) electrons. The van der Waals surface area contributed by atoms with E-state index in [1.807, 2.05) is 0 Å². The van der Waals surface area contributed by atoms with Crippen LogP contribution in [0.3, 0.4) is 0 Å². The van der Waals surface area contributed by atoms with Gasteiger partial charge in [-0.1, -0.05) is 47.5 Å². The molecule has 2 aromatic rings. The van der Waals surface area contributed by atoms with E-state index in [0.29, 0.717) is 38.0 Å². The van der Waals surface area contributed by atoms with Crippen LogP contribution in [0.1, 0.15) is 27.0 Å². The van der Waals surface area contributed by atoms with E-state index in [1.54, 1.807) is 42.6 Å². The summed E-state index contributed by atoms with van der Waals surface area (Å²) >= 11 is 12.2. The van der Waals surface area contributed by atoms with Gasteiger partial charge < -0.3 is 0 Å². The number of fused-ring (bicyclic) bond motifs is 2. The van der Waals surface area contributed by atoms with E-state index < -0.39 is 0 Å². The molecule has 5 heteroatoms. The molecule has 3 nitrogen and oxygen atoms in total. The highest BCUT2D eigenvalue weighted by Crippen LogP contribution is 2.35. The summed E-state index contributed by atoms with van der Waals surface area (Å²) in [6, 6.07) is 10.1. The van der Waals surface area contributed by atoms with Gasteiger partial charge in [-0.15, -0.1) is 0 Å². The number of nitrogens with zero attached hydrogens (tertiary/aromatic N) is 2. The maximum absolute atomic E-state index is 12.6. The monoisotopic (exact) mass is 300 g/mol. The number of aliphatic imine (C=N–C) groups is 1. The van der Waals surface area contributed by atoms with E-state index in [0.717, 1.165) is 0 Å². The lowest BCUT2D eigenvalue weighted by molar-refractivity contribution is 0.103. The molecular formula is C15H6Cl2N2O. The number of carbonyl (C=O) groups excluding carboxylic acids is 1. The largest absolute Gasteiger partial charge is 0.288 e. The van der Waals surface area contributed by atoms with Crippen molar-refractivity contribution in [1.82, 2.24) is 0 Å². The molecule has 3 rings (SSSR count). The highest BCUT2D eigenvalue weighted by molar-refractivity contribution is 6.43. The molecule has 0 atom stereocenters. The highest BCUT2D eigenvalue weighted by atomic mass is 35.5. The highest BCUT2D eigenvalue weighted by Gasteiger charge is 2.31. The fourth-order valence-electron chi connectivity index (χ4n) is 2.35. The SMILES string of the molecule is N#CN=C1c2cccc(Cl)c2C(=O)c2c(Cl)cccc21. The number of carbonyl (C=O) groups is 1. The number of halogens is 2. The predicted octanol–water partition coefficient (Wildman–Crippen LogP) is 3.86. The number of rotatable bonds is 0. The molecule has 1 aliphatic rings. The number of hydrogen-bond donors (Lipinski definition) is 0. The Labute approximate surface area is 125 Å². The number of benzene rings is 2. The molecule has 0 spiro atoms. The van der Waals surface area contributed by atoms with E-state index in [2.05, 4.69) is 4.99 Å². The van der Waals surface area contributed by atoms with E-state index in [4.69, 9.17) is 28.5 Å². The van der Waals surface area contributed by atoms with Crippen molar-refractivity contribution in [3.8, 4) is 6.19 Å². The summed E-state index contributed by atoms with van der Waals surface area (Å²) in [6.45, 7) is 0. The van der Waals surface area contributed by atoms with Gasteiger partial charge in [0.25, 0.3) is 0 Å². The molecule has 0 amide bonds. The summed E-state index contributed by atoms with van der Waals surface area (Å²) in [5.41, 5.74) is 2.20. The Morgan fingerprint density at radius 1 is 0.950 bits per heavy atom. The van der Waals surface area contributed by atoms with Crippen LogP contribution in [0.15, 0.2) is 41.4 Å². The lowest BCUT2D eigenvalue weighted by Gasteiger charge is -2.21. The van der Waals surface area contributed by atoms with E-state index in [1.165, 1.54) is 0 Å². The summed E-state index contributed by atoms with van der Waals surface area (Å²) in [5.74, 6) is -0.247. The molecule has 0 unspecified atom stereocenters. The summed E-state index contributed by atoms with van der Waals surface area (Å²) in [4.78, 5) is 16.4. The molecule has 0 bridgehead atoms. The average molecular weight is 301 g/mol. The van der Waals surface area contributed by atoms with Gasteiger partial charge in [-0.05, 0) is 12.1 Å². The van der Waals surface area contributed by atoms with E-state index in [-0.39, 0.29) is 5.78 Å². The molecule has 0 heterocycles. The smallest absolute Gasteiger partial charge is 0.206 e. The van der Waals surface area contributed by atoms with Gasteiger partial charge in [-0.2, -0.15) is 10.3 Å². The van der Waals surface area contributed by atoms with Crippen LogP contribution in [0, 0.1) is 11.5 Å². The zero-order chi connectivity index (χ0) is 14.3. The zero-order valence-electron chi connectivity index (χ0n) is 10.0. The molecule has 0 fully saturated rings. The summed E-state index contributed by atoms with van der Waals surface area (Å²) in [6.07, 6.45) is 1.76. The lowest BCUT2D eigenvalue weighted by atomic mass is 9.83. The summed E-state index contributed by atoms with van der Waals surface area (Å²) < 4.78 is 0. The Hall–Kier alpha value is -2.15. The Morgan fingerprint density at radius 2 is 1.45 bits per heavy atom. The third-order valence-corrected chi connectivity index (χ3v) is 3.78. The second-order valence-corrected chi connectivity index (χ2v) is 5.03. The molecule has 0 N–H and O–H groups in total. The van der Waals surface area contributed by atoms with Gasteiger partial charge in [-0.25, -0.2) is 0 Å². The number of nitriles is 1. The number of hydrogen-bond acceptors (Lipinski definition) is 3. The van der Waals surface area contributed by atoms with Crippen molar-refractivity contribution in [3.05, 3.63) is 68.7 Å². The Morgan fingerprint density at radius 3 is 1.90 bits per heavy atom. The fraction of sp³-hybridized carbons (Fsp3) is 0. The molecule has 1 aliphatic carbocycles. The normalized spacial score (nSPS) is 12.4. The molecular weight excluding hydrogens is 295 g/mol. The van der Waals surface area contributed by atoms with Crippen molar-refractivity contribution in [2.75, 3.05) is 0 Å². The van der Waals surface area contributed by atoms with Crippen molar-refractivity contribution >= 4 is 34.7 Å². The summed E-state index contributed by atoms with van der Waals surface area (Å²) in [5, 5.41) is 9.53. The van der Waals surface area contributed by atoms with Gasteiger partial charge in [0.15, 0.2) is 5.78 Å². The molecule has 0 aliphatic heterocycles. The van der Waals surface area contributed by atoms with Gasteiger partial charge in [0.05, 0.1) is 26.9 Å². The van der Waals surface area contributed by atoms with Crippen LogP contribution in [-0.4, -0.2) is 11.5 Å². The fourth-order valence-corrected chi connectivity index (χ4v) is 2.87. The van der Waals surface area contributed by atoms with Crippen molar-refractivity contribution in [2.24, 2.45) is 4.99 Å². The Bertz CT molecular complexity index is 762. The lowest BCUT2D eigenvalue weighted by Crippen LogP contribution is -2.22. The van der Waals surface area contributed by atoms with Crippen LogP contribution in [0.5, 0.6) is 0 Å². The predicted molar refractivity (Wildman–Crippen MR) is 77.6 cm³/mol. The Kier molecular flexibility index (Phi) is 3.06. The average Bonchev–Trinajstić information content (AvgIpc) is 2.43. The molecule has 0 saturated heterocycles. The van der Waals surface area contributed by atoms with Crippen LogP contribution < -0.4 is 0 Å². The van der Waals surface area contributed by atoms with Crippen molar-refractivity contribution in [3.63, 3.8) is 0 Å². The standard InChI is InChI=1S/C15H6Cl2N2O/c16-10-5-1-3-8-12(10)15(20)13-9(14(8)19-7-18)4-2-6-11(13)17/h1-6H. The third kappa shape index (κ3) is 1.74. The van der Waals surface area contributed by atoms with Crippen LogP contribution in [-0.2, 0) is 0 Å². The maximum atomic E-state index is 12.6.